The second-order valence-electron chi connectivity index (χ2n) is 3.88. The number of methoxy groups -OCH3 is 1. The number of benzene rings is 1. The monoisotopic (exact) mass is 238 g/mol. The molecule has 0 fully saturated rings. The molecule has 1 rings (SSSR count). The topological polar surface area (TPSA) is 84.6 Å². The number of hydrogen-bond donors (Lipinski definition) is 3. The normalized spacial score (nSPS) is 12.2. The Bertz CT molecular complexity index is 393. The second-order valence-corrected chi connectivity index (χ2v) is 3.88. The van der Waals surface area contributed by atoms with E-state index in [0.717, 1.165) is 0 Å². The minimum atomic E-state index is -0.593. The Kier molecular flexibility index (Phi) is 4.93. The van der Waals surface area contributed by atoms with Crippen LogP contribution in [0, 0.1) is 6.92 Å². The highest BCUT2D eigenvalue weighted by Gasteiger charge is 2.13. The molecule has 0 aliphatic rings. The highest BCUT2D eigenvalue weighted by Crippen LogP contribution is 2.20. The summed E-state index contributed by atoms with van der Waals surface area (Å²) in [4.78, 5) is 11.7. The number of carbonyl (C=O) groups is 1. The van der Waals surface area contributed by atoms with Gasteiger partial charge in [0.1, 0.15) is 5.75 Å². The van der Waals surface area contributed by atoms with Crippen molar-refractivity contribution in [3.05, 3.63) is 23.8 Å². The third-order valence-corrected chi connectivity index (χ3v) is 2.43. The van der Waals surface area contributed by atoms with Crippen molar-refractivity contribution >= 4 is 11.6 Å². The van der Waals surface area contributed by atoms with Crippen molar-refractivity contribution in [2.45, 2.75) is 19.4 Å². The molecule has 1 amide bonds. The summed E-state index contributed by atoms with van der Waals surface area (Å²) in [5, 5.41) is 12.0. The average molecular weight is 238 g/mol. The zero-order valence-corrected chi connectivity index (χ0v) is 10.1. The number of nitrogens with one attached hydrogen (secondary N) is 1. The molecule has 0 aromatic heterocycles. The molecule has 0 bridgehead atoms. The first-order chi connectivity index (χ1) is 8.04. The zero-order valence-electron chi connectivity index (χ0n) is 10.1. The Balaban J connectivity index is 2.58. The van der Waals surface area contributed by atoms with Crippen LogP contribution in [0.15, 0.2) is 18.2 Å². The second kappa shape index (κ2) is 6.22. The minimum absolute atomic E-state index is 0.201. The largest absolute Gasteiger partial charge is 0.508 e. The quantitative estimate of drug-likeness (QED) is 0.668. The molecule has 1 unspecified atom stereocenters. The third-order valence-electron chi connectivity index (χ3n) is 2.43. The van der Waals surface area contributed by atoms with Crippen LogP contribution in [-0.2, 0) is 9.53 Å². The maximum Gasteiger partial charge on any atom is 0.241 e. The van der Waals surface area contributed by atoms with Gasteiger partial charge in [0.15, 0.2) is 0 Å². The highest BCUT2D eigenvalue weighted by atomic mass is 16.5. The van der Waals surface area contributed by atoms with Gasteiger partial charge in [-0.3, -0.25) is 4.79 Å². The summed E-state index contributed by atoms with van der Waals surface area (Å²) in [5.41, 5.74) is 7.00. The van der Waals surface area contributed by atoms with E-state index in [0.29, 0.717) is 24.3 Å². The van der Waals surface area contributed by atoms with Gasteiger partial charge in [0.25, 0.3) is 0 Å². The lowest BCUT2D eigenvalue weighted by Gasteiger charge is -2.12. The van der Waals surface area contributed by atoms with Gasteiger partial charge in [-0.05, 0) is 37.1 Å². The van der Waals surface area contributed by atoms with Gasteiger partial charge < -0.3 is 20.9 Å². The van der Waals surface area contributed by atoms with Gasteiger partial charge in [0.2, 0.25) is 5.91 Å². The van der Waals surface area contributed by atoms with Crippen molar-refractivity contribution < 1.29 is 14.6 Å². The molecule has 4 N–H and O–H groups in total. The first-order valence-corrected chi connectivity index (χ1v) is 5.39. The molecule has 0 aliphatic heterocycles. The zero-order chi connectivity index (χ0) is 12.8. The molecule has 0 radical (unpaired) electrons. The summed E-state index contributed by atoms with van der Waals surface area (Å²) in [6.45, 7) is 2.21. The smallest absolute Gasteiger partial charge is 0.241 e. The van der Waals surface area contributed by atoms with E-state index < -0.39 is 6.04 Å². The number of carbonyl (C=O) groups excluding carboxylic acids is 1. The molecule has 0 saturated heterocycles. The van der Waals surface area contributed by atoms with Crippen LogP contribution in [0.25, 0.3) is 0 Å². The van der Waals surface area contributed by atoms with Crippen molar-refractivity contribution in [1.29, 1.82) is 0 Å². The summed E-state index contributed by atoms with van der Waals surface area (Å²) >= 11 is 0. The molecule has 17 heavy (non-hydrogen) atoms. The molecule has 5 heteroatoms. The number of nitrogens with two attached hydrogens (primary N) is 1. The van der Waals surface area contributed by atoms with Gasteiger partial charge in [-0.25, -0.2) is 0 Å². The van der Waals surface area contributed by atoms with Crippen LogP contribution >= 0.6 is 0 Å². The molecule has 1 aromatic rings. The lowest BCUT2D eigenvalue weighted by molar-refractivity contribution is -0.117. The number of ether oxygens (including phenoxy) is 1. The maximum atomic E-state index is 11.7. The van der Waals surface area contributed by atoms with Gasteiger partial charge in [-0.1, -0.05) is 0 Å². The van der Waals surface area contributed by atoms with Crippen LogP contribution in [0.4, 0.5) is 5.69 Å². The Morgan fingerprint density at radius 1 is 1.59 bits per heavy atom. The van der Waals surface area contributed by atoms with Crippen molar-refractivity contribution in [3.8, 4) is 5.75 Å². The number of amides is 1. The lowest BCUT2D eigenvalue weighted by atomic mass is 10.1. The van der Waals surface area contributed by atoms with Crippen LogP contribution in [0.2, 0.25) is 0 Å². The molecule has 0 saturated carbocycles. The number of hydrogen-bond acceptors (Lipinski definition) is 4. The van der Waals surface area contributed by atoms with Gasteiger partial charge in [0, 0.05) is 19.4 Å². The number of aromatic hydroxyl groups is 1. The van der Waals surface area contributed by atoms with Crippen molar-refractivity contribution in [3.63, 3.8) is 0 Å². The number of aryl methyl sites for hydroxylation is 1. The maximum absolute atomic E-state index is 11.7. The van der Waals surface area contributed by atoms with Gasteiger partial charge in [0.05, 0.1) is 6.04 Å². The SMILES string of the molecule is COCCC(N)C(=O)Nc1ccc(O)c(C)c1. The molecule has 5 nitrogen and oxygen atoms in total. The predicted octanol–water partition coefficient (Wildman–Crippen LogP) is 1.00. The number of phenols is 1. The minimum Gasteiger partial charge on any atom is -0.508 e. The van der Waals surface area contributed by atoms with Crippen LogP contribution in [0.1, 0.15) is 12.0 Å². The standard InChI is InChI=1S/C12H18N2O3/c1-8-7-9(3-4-11(8)15)14-12(16)10(13)5-6-17-2/h3-4,7,10,15H,5-6,13H2,1-2H3,(H,14,16). The van der Waals surface area contributed by atoms with Gasteiger partial charge in [-0.15, -0.1) is 0 Å². The van der Waals surface area contributed by atoms with E-state index in [-0.39, 0.29) is 11.7 Å². The lowest BCUT2D eigenvalue weighted by Crippen LogP contribution is -2.36. The molecule has 0 aliphatic carbocycles. The molecular weight excluding hydrogens is 220 g/mol. The Hall–Kier alpha value is -1.59. The molecule has 0 spiro atoms. The average Bonchev–Trinajstić information content (AvgIpc) is 2.30. The Labute approximate surface area is 101 Å². The van der Waals surface area contributed by atoms with E-state index in [1.807, 2.05) is 0 Å². The van der Waals surface area contributed by atoms with Crippen LogP contribution in [0.3, 0.4) is 0 Å². The summed E-state index contributed by atoms with van der Waals surface area (Å²) in [6.07, 6.45) is 0.472. The number of phenolic OH excluding ortho intramolecular Hbond substituents is 1. The van der Waals surface area contributed by atoms with E-state index >= 15 is 0 Å². The number of rotatable bonds is 5. The fraction of sp³-hybridized carbons (Fsp3) is 0.417. The molecule has 94 valence electrons. The molecule has 1 atom stereocenters. The summed E-state index contributed by atoms with van der Waals surface area (Å²) in [6, 6.07) is 4.26. The first-order valence-electron chi connectivity index (χ1n) is 5.39. The highest BCUT2D eigenvalue weighted by molar-refractivity contribution is 5.94. The van der Waals surface area contributed by atoms with Gasteiger partial charge in [-0.2, -0.15) is 0 Å². The summed E-state index contributed by atoms with van der Waals surface area (Å²) in [5.74, 6) is -0.0566. The van der Waals surface area contributed by atoms with E-state index in [9.17, 15) is 9.90 Å². The number of anilines is 1. The summed E-state index contributed by atoms with van der Waals surface area (Å²) in [7, 11) is 1.56. The third kappa shape index (κ3) is 4.05. The fourth-order valence-corrected chi connectivity index (χ4v) is 1.34. The van der Waals surface area contributed by atoms with Crippen molar-refractivity contribution in [1.82, 2.24) is 0 Å². The summed E-state index contributed by atoms with van der Waals surface area (Å²) < 4.78 is 4.85. The Morgan fingerprint density at radius 3 is 2.88 bits per heavy atom. The van der Waals surface area contributed by atoms with Crippen molar-refractivity contribution in [2.75, 3.05) is 19.0 Å². The van der Waals surface area contributed by atoms with E-state index in [1.165, 1.54) is 6.07 Å². The van der Waals surface area contributed by atoms with Crippen LogP contribution in [0.5, 0.6) is 5.75 Å². The van der Waals surface area contributed by atoms with Gasteiger partial charge >= 0.3 is 0 Å². The Morgan fingerprint density at radius 2 is 2.29 bits per heavy atom. The van der Waals surface area contributed by atoms with Crippen molar-refractivity contribution in [2.24, 2.45) is 5.73 Å². The van der Waals surface area contributed by atoms with Crippen LogP contribution < -0.4 is 11.1 Å². The van der Waals surface area contributed by atoms with E-state index in [2.05, 4.69) is 5.32 Å². The predicted molar refractivity (Wildman–Crippen MR) is 65.9 cm³/mol. The molecular formula is C12H18N2O3. The van der Waals surface area contributed by atoms with Crippen LogP contribution in [-0.4, -0.2) is 30.8 Å². The van der Waals surface area contributed by atoms with E-state index in [4.69, 9.17) is 10.5 Å². The van der Waals surface area contributed by atoms with E-state index in [1.54, 1.807) is 26.2 Å². The molecule has 0 heterocycles. The first kappa shape index (κ1) is 13.5. The molecule has 1 aromatic carbocycles. The fourth-order valence-electron chi connectivity index (χ4n) is 1.34.